The summed E-state index contributed by atoms with van der Waals surface area (Å²) < 4.78 is 12.3. The topological polar surface area (TPSA) is 18.5 Å². The molecule has 0 saturated heterocycles. The second-order valence-corrected chi connectivity index (χ2v) is 9.45. The third-order valence-corrected chi connectivity index (χ3v) is 6.24. The smallest absolute Gasteiger partial charge is 0.157 e. The molecule has 0 aliphatic carbocycles. The molecule has 0 rings (SSSR count). The van der Waals surface area contributed by atoms with Crippen LogP contribution in [-0.4, -0.2) is 24.8 Å². The fourth-order valence-corrected chi connectivity index (χ4v) is 4.09. The Labute approximate surface area is 192 Å². The first kappa shape index (κ1) is 29.4. The van der Waals surface area contributed by atoms with Crippen molar-refractivity contribution >= 4 is 15.9 Å². The summed E-state index contributed by atoms with van der Waals surface area (Å²) in [6.45, 7) is 6.30. The monoisotopic (exact) mass is 476 g/mol. The second-order valence-electron chi connectivity index (χ2n) is 8.66. The van der Waals surface area contributed by atoms with E-state index in [2.05, 4.69) is 29.8 Å². The fourth-order valence-electron chi connectivity index (χ4n) is 3.70. The summed E-state index contributed by atoms with van der Waals surface area (Å²) >= 11 is 3.51. The van der Waals surface area contributed by atoms with Crippen molar-refractivity contribution in [2.24, 2.45) is 0 Å². The first-order chi connectivity index (χ1) is 14.3. The zero-order valence-corrected chi connectivity index (χ0v) is 21.6. The zero-order chi connectivity index (χ0) is 21.3. The van der Waals surface area contributed by atoms with Gasteiger partial charge in [-0.15, -0.1) is 0 Å². The van der Waals surface area contributed by atoms with E-state index in [9.17, 15) is 0 Å². The van der Waals surface area contributed by atoms with E-state index < -0.39 is 0 Å². The van der Waals surface area contributed by atoms with Crippen LogP contribution < -0.4 is 0 Å². The van der Waals surface area contributed by atoms with E-state index >= 15 is 0 Å². The number of hydrogen-bond acceptors (Lipinski definition) is 2. The quantitative estimate of drug-likeness (QED) is 0.0740. The summed E-state index contributed by atoms with van der Waals surface area (Å²) in [5.41, 5.74) is 0. The number of unbranched alkanes of at least 4 members (excludes halogenated alkanes) is 16. The Balaban J connectivity index is 3.80. The Morgan fingerprint density at radius 2 is 0.862 bits per heavy atom. The van der Waals surface area contributed by atoms with Gasteiger partial charge >= 0.3 is 0 Å². The summed E-state index contributed by atoms with van der Waals surface area (Å²) in [6, 6.07) is 0. The van der Waals surface area contributed by atoms with Gasteiger partial charge in [-0.1, -0.05) is 126 Å². The van der Waals surface area contributed by atoms with Crippen LogP contribution in [0.5, 0.6) is 0 Å². The van der Waals surface area contributed by atoms with Crippen LogP contribution in [0.2, 0.25) is 0 Å². The SMILES string of the molecule is CCCCCCCCOC(CCCCCCCCCBr)OCCCCCCCC. The molecule has 0 radical (unpaired) electrons. The van der Waals surface area contributed by atoms with Gasteiger partial charge in [-0.2, -0.15) is 0 Å². The lowest BCUT2D eigenvalue weighted by Crippen LogP contribution is -2.19. The van der Waals surface area contributed by atoms with Gasteiger partial charge in [-0.25, -0.2) is 0 Å². The van der Waals surface area contributed by atoms with Crippen molar-refractivity contribution in [3.63, 3.8) is 0 Å². The first-order valence-corrected chi connectivity index (χ1v) is 14.3. The van der Waals surface area contributed by atoms with Gasteiger partial charge in [0.05, 0.1) is 0 Å². The molecule has 176 valence electrons. The molecule has 2 nitrogen and oxygen atoms in total. The third-order valence-electron chi connectivity index (χ3n) is 5.68. The molecule has 0 atom stereocenters. The van der Waals surface area contributed by atoms with Crippen molar-refractivity contribution in [2.75, 3.05) is 18.5 Å². The molecule has 0 aromatic carbocycles. The van der Waals surface area contributed by atoms with E-state index in [-0.39, 0.29) is 6.29 Å². The predicted molar refractivity (Wildman–Crippen MR) is 133 cm³/mol. The van der Waals surface area contributed by atoms with Gasteiger partial charge in [0, 0.05) is 18.5 Å². The van der Waals surface area contributed by atoms with E-state index in [1.54, 1.807) is 0 Å². The largest absolute Gasteiger partial charge is 0.353 e. The molecule has 0 heterocycles. The second kappa shape index (κ2) is 26.4. The Hall–Kier alpha value is 0.400. The van der Waals surface area contributed by atoms with Crippen LogP contribution >= 0.6 is 15.9 Å². The summed E-state index contributed by atoms with van der Waals surface area (Å²) in [7, 11) is 0. The average molecular weight is 478 g/mol. The maximum absolute atomic E-state index is 6.13. The highest BCUT2D eigenvalue weighted by molar-refractivity contribution is 9.09. The lowest BCUT2D eigenvalue weighted by atomic mass is 10.1. The zero-order valence-electron chi connectivity index (χ0n) is 20.0. The highest BCUT2D eigenvalue weighted by atomic mass is 79.9. The molecule has 0 saturated carbocycles. The van der Waals surface area contributed by atoms with Crippen LogP contribution in [0.1, 0.15) is 142 Å². The molecule has 0 bridgehead atoms. The summed E-state index contributed by atoms with van der Waals surface area (Å²) in [4.78, 5) is 0. The maximum atomic E-state index is 6.13. The molecule has 0 unspecified atom stereocenters. The molecule has 0 aliphatic rings. The molecule has 0 N–H and O–H groups in total. The van der Waals surface area contributed by atoms with E-state index in [0.717, 1.165) is 25.0 Å². The minimum absolute atomic E-state index is 0.0367. The molecular formula is C26H53BrO2. The minimum atomic E-state index is 0.0367. The van der Waals surface area contributed by atoms with E-state index in [0.29, 0.717) is 0 Å². The number of hydrogen-bond donors (Lipinski definition) is 0. The van der Waals surface area contributed by atoms with Gasteiger partial charge in [0.15, 0.2) is 6.29 Å². The highest BCUT2D eigenvalue weighted by Gasteiger charge is 2.09. The van der Waals surface area contributed by atoms with Crippen molar-refractivity contribution in [3.05, 3.63) is 0 Å². The van der Waals surface area contributed by atoms with Crippen LogP contribution in [-0.2, 0) is 9.47 Å². The lowest BCUT2D eigenvalue weighted by Gasteiger charge is -2.19. The molecule has 29 heavy (non-hydrogen) atoms. The minimum Gasteiger partial charge on any atom is -0.353 e. The van der Waals surface area contributed by atoms with Gasteiger partial charge in [0.25, 0.3) is 0 Å². The Kier molecular flexibility index (Phi) is 26.8. The van der Waals surface area contributed by atoms with Crippen LogP contribution in [0, 0.1) is 0 Å². The Bertz CT molecular complexity index is 268. The number of ether oxygens (including phenoxy) is 2. The van der Waals surface area contributed by atoms with Gasteiger partial charge < -0.3 is 9.47 Å². The van der Waals surface area contributed by atoms with Crippen molar-refractivity contribution in [3.8, 4) is 0 Å². The standard InChI is InChI=1S/C26H53BrO2/c1-3-5-7-9-16-20-24-28-26(29-25-21-17-10-8-6-4-2)22-18-14-12-11-13-15-19-23-27/h26H,3-25H2,1-2H3. The van der Waals surface area contributed by atoms with Crippen molar-refractivity contribution in [1.82, 2.24) is 0 Å². The van der Waals surface area contributed by atoms with Gasteiger partial charge in [-0.05, 0) is 32.1 Å². The average Bonchev–Trinajstić information content (AvgIpc) is 2.73. The van der Waals surface area contributed by atoms with Crippen molar-refractivity contribution in [1.29, 1.82) is 0 Å². The summed E-state index contributed by atoms with van der Waals surface area (Å²) in [5.74, 6) is 0. The number of halogens is 1. The highest BCUT2D eigenvalue weighted by Crippen LogP contribution is 2.14. The molecule has 0 fully saturated rings. The van der Waals surface area contributed by atoms with E-state index in [1.165, 1.54) is 122 Å². The van der Waals surface area contributed by atoms with E-state index in [4.69, 9.17) is 9.47 Å². The lowest BCUT2D eigenvalue weighted by molar-refractivity contribution is -0.148. The molecule has 0 aromatic heterocycles. The third kappa shape index (κ3) is 24.5. The molecule has 3 heteroatoms. The maximum Gasteiger partial charge on any atom is 0.157 e. The van der Waals surface area contributed by atoms with E-state index in [1.807, 2.05) is 0 Å². The Morgan fingerprint density at radius 1 is 0.483 bits per heavy atom. The van der Waals surface area contributed by atoms with Gasteiger partial charge in [-0.3, -0.25) is 0 Å². The van der Waals surface area contributed by atoms with Gasteiger partial charge in [0.1, 0.15) is 0 Å². The predicted octanol–water partition coefficient (Wildman–Crippen LogP) is 9.58. The number of alkyl halides is 1. The number of rotatable bonds is 25. The molecule has 0 aliphatic heterocycles. The van der Waals surface area contributed by atoms with Crippen LogP contribution in [0.4, 0.5) is 0 Å². The first-order valence-electron chi connectivity index (χ1n) is 13.1. The molecule has 0 aromatic rings. The van der Waals surface area contributed by atoms with Crippen LogP contribution in [0.3, 0.4) is 0 Å². The van der Waals surface area contributed by atoms with Crippen molar-refractivity contribution in [2.45, 2.75) is 149 Å². The van der Waals surface area contributed by atoms with Gasteiger partial charge in [0.2, 0.25) is 0 Å². The summed E-state index contributed by atoms with van der Waals surface area (Å²) in [5, 5.41) is 1.15. The van der Waals surface area contributed by atoms with Crippen LogP contribution in [0.15, 0.2) is 0 Å². The molecule has 0 spiro atoms. The molecular weight excluding hydrogens is 424 g/mol. The summed E-state index contributed by atoms with van der Waals surface area (Å²) in [6.07, 6.45) is 26.4. The van der Waals surface area contributed by atoms with Crippen LogP contribution in [0.25, 0.3) is 0 Å². The fraction of sp³-hybridized carbons (Fsp3) is 1.00. The van der Waals surface area contributed by atoms with Crippen molar-refractivity contribution < 1.29 is 9.47 Å². The Morgan fingerprint density at radius 3 is 1.31 bits per heavy atom. The normalized spacial score (nSPS) is 11.6. The molecule has 0 amide bonds.